The Hall–Kier alpha value is -1.36. The Balaban J connectivity index is 2.03. The zero-order valence-electron chi connectivity index (χ0n) is 11.5. The van der Waals surface area contributed by atoms with Crippen LogP contribution in [-0.4, -0.2) is 10.2 Å². The first kappa shape index (κ1) is 14.6. The van der Waals surface area contributed by atoms with E-state index in [-0.39, 0.29) is 0 Å². The number of rotatable bonds is 3. The van der Waals surface area contributed by atoms with Crippen molar-refractivity contribution in [3.05, 3.63) is 44.1 Å². The van der Waals surface area contributed by atoms with Crippen molar-refractivity contribution in [1.82, 2.24) is 10.2 Å². The number of thiophene rings is 1. The molecule has 0 spiro atoms. The van der Waals surface area contributed by atoms with Crippen molar-refractivity contribution >= 4 is 34.5 Å². The lowest BCUT2D eigenvalue weighted by Gasteiger charge is -1.99. The molecule has 0 radical (unpaired) electrons. The van der Waals surface area contributed by atoms with E-state index in [1.54, 1.807) is 29.5 Å². The number of benzene rings is 1. The first-order chi connectivity index (χ1) is 10.1. The molecular formula is C15H12Cl2N2OS. The number of hydrogen-bond acceptors (Lipinski definition) is 4. The summed E-state index contributed by atoms with van der Waals surface area (Å²) in [6, 6.07) is 5.19. The van der Waals surface area contributed by atoms with Gasteiger partial charge in [-0.05, 0) is 37.1 Å². The maximum atomic E-state index is 6.17. The van der Waals surface area contributed by atoms with Crippen molar-refractivity contribution in [2.75, 3.05) is 0 Å². The first-order valence-electron chi connectivity index (χ1n) is 6.46. The minimum atomic E-state index is 0.401. The third kappa shape index (κ3) is 2.71. The van der Waals surface area contributed by atoms with Crippen LogP contribution in [0.4, 0.5) is 0 Å². The van der Waals surface area contributed by atoms with E-state index in [2.05, 4.69) is 29.4 Å². The highest BCUT2D eigenvalue weighted by Gasteiger charge is 2.17. The quantitative estimate of drug-likeness (QED) is 0.619. The van der Waals surface area contributed by atoms with E-state index in [0.29, 0.717) is 27.4 Å². The Bertz CT molecular complexity index is 795. The number of halogens is 2. The van der Waals surface area contributed by atoms with E-state index in [4.69, 9.17) is 27.6 Å². The average molecular weight is 339 g/mol. The molecule has 3 rings (SSSR count). The van der Waals surface area contributed by atoms with Crippen LogP contribution >= 0.6 is 34.5 Å². The molecule has 0 aliphatic rings. The summed E-state index contributed by atoms with van der Waals surface area (Å²) in [4.78, 5) is 1.27. The van der Waals surface area contributed by atoms with Crippen molar-refractivity contribution in [2.45, 2.75) is 20.3 Å². The molecule has 0 bridgehead atoms. The third-order valence-electron chi connectivity index (χ3n) is 3.27. The fraction of sp³-hybridized carbons (Fsp3) is 0.200. The van der Waals surface area contributed by atoms with Gasteiger partial charge in [-0.15, -0.1) is 21.5 Å². The highest BCUT2D eigenvalue weighted by atomic mass is 35.5. The Morgan fingerprint density at radius 3 is 2.52 bits per heavy atom. The van der Waals surface area contributed by atoms with Gasteiger partial charge in [0.25, 0.3) is 0 Å². The van der Waals surface area contributed by atoms with Crippen molar-refractivity contribution in [2.24, 2.45) is 0 Å². The topological polar surface area (TPSA) is 38.9 Å². The van der Waals surface area contributed by atoms with Gasteiger partial charge in [-0.25, -0.2) is 0 Å². The van der Waals surface area contributed by atoms with Gasteiger partial charge < -0.3 is 4.42 Å². The number of nitrogens with zero attached hydrogens (tertiary/aromatic N) is 2. The van der Waals surface area contributed by atoms with Gasteiger partial charge in [0, 0.05) is 15.3 Å². The van der Waals surface area contributed by atoms with Gasteiger partial charge >= 0.3 is 0 Å². The van der Waals surface area contributed by atoms with Crippen LogP contribution in [0.2, 0.25) is 10.0 Å². The molecule has 3 aromatic rings. The molecule has 0 atom stereocenters. The van der Waals surface area contributed by atoms with Crippen molar-refractivity contribution in [1.29, 1.82) is 0 Å². The van der Waals surface area contributed by atoms with Crippen LogP contribution in [0.3, 0.4) is 0 Å². The highest BCUT2D eigenvalue weighted by Crippen LogP contribution is 2.34. The van der Waals surface area contributed by atoms with Gasteiger partial charge in [0.1, 0.15) is 0 Å². The predicted octanol–water partition coefficient (Wildman–Crippen LogP) is 5.64. The minimum absolute atomic E-state index is 0.401. The van der Waals surface area contributed by atoms with Crippen LogP contribution in [-0.2, 0) is 6.42 Å². The molecule has 21 heavy (non-hydrogen) atoms. The second-order valence-electron chi connectivity index (χ2n) is 4.57. The molecule has 3 nitrogen and oxygen atoms in total. The van der Waals surface area contributed by atoms with Crippen molar-refractivity contribution in [3.8, 4) is 22.9 Å². The molecule has 0 unspecified atom stereocenters. The lowest BCUT2D eigenvalue weighted by molar-refractivity contribution is 0.584. The Morgan fingerprint density at radius 2 is 1.86 bits per heavy atom. The molecule has 108 valence electrons. The summed E-state index contributed by atoms with van der Waals surface area (Å²) in [5, 5.41) is 11.4. The van der Waals surface area contributed by atoms with E-state index in [0.717, 1.165) is 12.0 Å². The largest absolute Gasteiger partial charge is 0.416 e. The predicted molar refractivity (Wildman–Crippen MR) is 87.2 cm³/mol. The monoisotopic (exact) mass is 338 g/mol. The van der Waals surface area contributed by atoms with Crippen LogP contribution < -0.4 is 0 Å². The minimum Gasteiger partial charge on any atom is -0.416 e. The van der Waals surface area contributed by atoms with Gasteiger partial charge in [-0.2, -0.15) is 0 Å². The molecular weight excluding hydrogens is 327 g/mol. The molecule has 0 amide bonds. The molecule has 0 aliphatic heterocycles. The summed E-state index contributed by atoms with van der Waals surface area (Å²) in [5.41, 5.74) is 2.94. The number of aryl methyl sites for hydroxylation is 1. The maximum Gasteiger partial charge on any atom is 0.249 e. The smallest absolute Gasteiger partial charge is 0.249 e. The molecule has 0 saturated heterocycles. The molecule has 0 aliphatic carbocycles. The van der Waals surface area contributed by atoms with Gasteiger partial charge in [0.2, 0.25) is 11.8 Å². The van der Waals surface area contributed by atoms with Crippen LogP contribution in [0.15, 0.2) is 28.0 Å². The fourth-order valence-corrected chi connectivity index (χ4v) is 3.63. The standard InChI is InChI=1S/C15H12Cl2N2OS/c1-3-10-8(2)21-7-12(10)15-19-18-14(20-15)11-5-4-9(16)6-13(11)17/h4-7H,3H2,1-2H3. The summed E-state index contributed by atoms with van der Waals surface area (Å²) in [7, 11) is 0. The van der Waals surface area contributed by atoms with E-state index >= 15 is 0 Å². The Labute approximate surface area is 136 Å². The van der Waals surface area contributed by atoms with Crippen molar-refractivity contribution < 1.29 is 4.42 Å². The number of aromatic nitrogens is 2. The lowest BCUT2D eigenvalue weighted by Crippen LogP contribution is -1.84. The maximum absolute atomic E-state index is 6.17. The van der Waals surface area contributed by atoms with Gasteiger partial charge in [-0.1, -0.05) is 30.1 Å². The van der Waals surface area contributed by atoms with Crippen molar-refractivity contribution in [3.63, 3.8) is 0 Å². The SMILES string of the molecule is CCc1c(-c2nnc(-c3ccc(Cl)cc3Cl)o2)csc1C. The third-order valence-corrected chi connectivity index (χ3v) is 4.78. The zero-order chi connectivity index (χ0) is 15.0. The second kappa shape index (κ2) is 5.79. The summed E-state index contributed by atoms with van der Waals surface area (Å²) in [5.74, 6) is 0.926. The van der Waals surface area contributed by atoms with Crippen LogP contribution in [0.1, 0.15) is 17.4 Å². The number of hydrogen-bond donors (Lipinski definition) is 0. The summed E-state index contributed by atoms with van der Waals surface area (Å²) < 4.78 is 5.79. The second-order valence-corrected chi connectivity index (χ2v) is 6.50. The normalized spacial score (nSPS) is 11.0. The molecule has 2 aromatic heterocycles. The summed E-state index contributed by atoms with van der Waals surface area (Å²) in [6.07, 6.45) is 0.935. The Morgan fingerprint density at radius 1 is 1.14 bits per heavy atom. The van der Waals surface area contributed by atoms with Gasteiger partial charge in [-0.3, -0.25) is 0 Å². The summed E-state index contributed by atoms with van der Waals surface area (Å²) in [6.45, 7) is 4.21. The molecule has 2 heterocycles. The molecule has 0 saturated carbocycles. The molecule has 6 heteroatoms. The van der Waals surface area contributed by atoms with Crippen LogP contribution in [0.5, 0.6) is 0 Å². The first-order valence-corrected chi connectivity index (χ1v) is 8.10. The molecule has 0 fully saturated rings. The van der Waals surface area contributed by atoms with Gasteiger partial charge in [0.15, 0.2) is 0 Å². The highest BCUT2D eigenvalue weighted by molar-refractivity contribution is 7.10. The fourth-order valence-electron chi connectivity index (χ4n) is 2.20. The van der Waals surface area contributed by atoms with E-state index in [1.807, 2.05) is 0 Å². The summed E-state index contributed by atoms with van der Waals surface area (Å²) >= 11 is 13.8. The lowest BCUT2D eigenvalue weighted by atomic mass is 10.1. The average Bonchev–Trinajstić information content (AvgIpc) is 3.05. The van der Waals surface area contributed by atoms with E-state index in [1.165, 1.54) is 10.4 Å². The zero-order valence-corrected chi connectivity index (χ0v) is 13.8. The van der Waals surface area contributed by atoms with Crippen LogP contribution in [0, 0.1) is 6.92 Å². The molecule has 1 aromatic carbocycles. The van der Waals surface area contributed by atoms with E-state index < -0.39 is 0 Å². The Kier molecular flexibility index (Phi) is 4.02. The molecule has 0 N–H and O–H groups in total. The van der Waals surface area contributed by atoms with E-state index in [9.17, 15) is 0 Å². The van der Waals surface area contributed by atoms with Crippen LogP contribution in [0.25, 0.3) is 22.9 Å². The van der Waals surface area contributed by atoms with Gasteiger partial charge in [0.05, 0.1) is 16.1 Å².